The Kier molecular flexibility index (Phi) is 8.17. The van der Waals surface area contributed by atoms with Gasteiger partial charge in [0.1, 0.15) is 0 Å². The third-order valence-electron chi connectivity index (χ3n) is 1.26. The molecule has 0 spiro atoms. The van der Waals surface area contributed by atoms with Gasteiger partial charge < -0.3 is 0 Å². The van der Waals surface area contributed by atoms with Gasteiger partial charge in [-0.2, -0.15) is 11.8 Å². The van der Waals surface area contributed by atoms with Crippen LogP contribution in [0.5, 0.6) is 0 Å². The quantitative estimate of drug-likeness (QED) is 0.408. The van der Waals surface area contributed by atoms with Crippen LogP contribution in [0.25, 0.3) is 0 Å². The molecule has 0 saturated heterocycles. The second-order valence-electron chi connectivity index (χ2n) is 2.13. The van der Waals surface area contributed by atoms with Crippen molar-refractivity contribution in [1.29, 1.82) is 0 Å². The van der Waals surface area contributed by atoms with Gasteiger partial charge in [0.15, 0.2) is 0 Å². The van der Waals surface area contributed by atoms with Gasteiger partial charge in [-0.05, 0) is 31.3 Å². The van der Waals surface area contributed by atoms with Crippen LogP contribution >= 0.6 is 11.8 Å². The Labute approximate surface area is 62.7 Å². The van der Waals surface area contributed by atoms with Crippen LogP contribution in [0.2, 0.25) is 0 Å². The Morgan fingerprint density at radius 2 is 2.11 bits per heavy atom. The van der Waals surface area contributed by atoms with Gasteiger partial charge in [-0.15, -0.1) is 6.58 Å². The Bertz CT molecular complexity index is 59.6. The van der Waals surface area contributed by atoms with E-state index in [4.69, 9.17) is 0 Å². The largest absolute Gasteiger partial charge is 0.165 e. The van der Waals surface area contributed by atoms with Crippen LogP contribution < -0.4 is 0 Å². The third kappa shape index (κ3) is 8.09. The molecule has 0 aliphatic heterocycles. The number of unbranched alkanes of at least 4 members (excludes halogenated alkanes) is 3. The predicted octanol–water partition coefficient (Wildman–Crippen LogP) is 3.10. The average molecular weight is 144 g/mol. The molecule has 0 aliphatic rings. The van der Waals surface area contributed by atoms with Crippen molar-refractivity contribution in [3.63, 3.8) is 0 Å². The maximum absolute atomic E-state index is 3.67. The van der Waals surface area contributed by atoms with Gasteiger partial charge in [0.25, 0.3) is 0 Å². The van der Waals surface area contributed by atoms with Crippen LogP contribution in [0.3, 0.4) is 0 Å². The molecule has 54 valence electrons. The van der Waals surface area contributed by atoms with E-state index in [9.17, 15) is 0 Å². The minimum absolute atomic E-state index is 1.19. The Hall–Kier alpha value is 0.0900. The van der Waals surface area contributed by atoms with Crippen molar-refractivity contribution in [3.8, 4) is 0 Å². The molecular weight excluding hydrogens is 128 g/mol. The van der Waals surface area contributed by atoms with Crippen LogP contribution in [0.4, 0.5) is 0 Å². The zero-order chi connectivity index (χ0) is 6.95. The van der Waals surface area contributed by atoms with E-state index in [0.717, 1.165) is 0 Å². The number of thioether (sulfide) groups is 1. The van der Waals surface area contributed by atoms with E-state index in [1.165, 1.54) is 31.4 Å². The summed E-state index contributed by atoms with van der Waals surface area (Å²) >= 11 is 1.93. The van der Waals surface area contributed by atoms with E-state index in [-0.39, 0.29) is 0 Å². The van der Waals surface area contributed by atoms with Gasteiger partial charge in [0.2, 0.25) is 0 Å². The molecule has 0 nitrogen and oxygen atoms in total. The molecule has 0 aliphatic carbocycles. The van der Waals surface area contributed by atoms with Gasteiger partial charge in [-0.25, -0.2) is 0 Å². The van der Waals surface area contributed by atoms with Crippen LogP contribution in [0, 0.1) is 0 Å². The predicted molar refractivity (Wildman–Crippen MR) is 47.0 cm³/mol. The molecule has 0 bridgehead atoms. The molecule has 0 unspecified atom stereocenters. The van der Waals surface area contributed by atoms with Crippen LogP contribution in [-0.4, -0.2) is 12.0 Å². The van der Waals surface area contributed by atoms with Crippen molar-refractivity contribution in [2.45, 2.75) is 25.7 Å². The molecule has 0 fully saturated rings. The minimum atomic E-state index is 1.19. The third-order valence-corrected chi connectivity index (χ3v) is 1.95. The molecule has 1 heteroatoms. The van der Waals surface area contributed by atoms with Crippen molar-refractivity contribution in [2.24, 2.45) is 0 Å². The number of hydrogen-bond acceptors (Lipinski definition) is 1. The molecule has 0 amide bonds. The maximum atomic E-state index is 3.67. The Balaban J connectivity index is 2.66. The lowest BCUT2D eigenvalue weighted by Crippen LogP contribution is -1.78. The van der Waals surface area contributed by atoms with E-state index in [1.54, 1.807) is 0 Å². The topological polar surface area (TPSA) is 0 Å². The van der Waals surface area contributed by atoms with Crippen molar-refractivity contribution in [1.82, 2.24) is 0 Å². The fraction of sp³-hybridized carbons (Fsp3) is 0.750. The van der Waals surface area contributed by atoms with E-state index < -0.39 is 0 Å². The lowest BCUT2D eigenvalue weighted by atomic mass is 10.2. The standard InChI is InChI=1S/C8H16S/c1-3-4-5-6-7-8-9-2/h3H,1,4-8H2,2H3. The zero-order valence-corrected chi connectivity index (χ0v) is 7.04. The van der Waals surface area contributed by atoms with E-state index in [2.05, 4.69) is 12.8 Å². The highest BCUT2D eigenvalue weighted by Crippen LogP contribution is 2.04. The Morgan fingerprint density at radius 3 is 2.67 bits per heavy atom. The van der Waals surface area contributed by atoms with E-state index in [1.807, 2.05) is 17.8 Å². The molecule has 0 N–H and O–H groups in total. The molecular formula is C8H16S. The summed E-state index contributed by atoms with van der Waals surface area (Å²) < 4.78 is 0. The number of allylic oxidation sites excluding steroid dienone is 1. The first kappa shape index (κ1) is 9.09. The molecule has 0 aromatic heterocycles. The van der Waals surface area contributed by atoms with Gasteiger partial charge >= 0.3 is 0 Å². The fourth-order valence-corrected chi connectivity index (χ4v) is 1.20. The van der Waals surface area contributed by atoms with Crippen LogP contribution in [0.1, 0.15) is 25.7 Å². The smallest absolute Gasteiger partial charge is 0.00703 e. The summed E-state index contributed by atoms with van der Waals surface area (Å²) in [5, 5.41) is 0. The summed E-state index contributed by atoms with van der Waals surface area (Å²) in [5.74, 6) is 1.32. The summed E-state index contributed by atoms with van der Waals surface area (Å²) in [6.07, 6.45) is 9.41. The fourth-order valence-electron chi connectivity index (χ4n) is 0.712. The van der Waals surface area contributed by atoms with Gasteiger partial charge in [-0.1, -0.05) is 12.5 Å². The number of rotatable bonds is 6. The zero-order valence-electron chi connectivity index (χ0n) is 6.23. The summed E-state index contributed by atoms with van der Waals surface area (Å²) in [6.45, 7) is 3.67. The second-order valence-corrected chi connectivity index (χ2v) is 3.12. The molecule has 0 aromatic carbocycles. The molecule has 0 aromatic rings. The van der Waals surface area contributed by atoms with Crippen molar-refractivity contribution in [3.05, 3.63) is 12.7 Å². The van der Waals surface area contributed by atoms with Crippen LogP contribution in [-0.2, 0) is 0 Å². The molecule has 0 heterocycles. The summed E-state index contributed by atoms with van der Waals surface area (Å²) in [6, 6.07) is 0. The lowest BCUT2D eigenvalue weighted by molar-refractivity contribution is 0.735. The monoisotopic (exact) mass is 144 g/mol. The van der Waals surface area contributed by atoms with Gasteiger partial charge in [0.05, 0.1) is 0 Å². The van der Waals surface area contributed by atoms with Crippen molar-refractivity contribution in [2.75, 3.05) is 12.0 Å². The highest BCUT2D eigenvalue weighted by molar-refractivity contribution is 7.98. The summed E-state index contributed by atoms with van der Waals surface area (Å²) in [5.41, 5.74) is 0. The number of hydrogen-bond donors (Lipinski definition) is 0. The van der Waals surface area contributed by atoms with Crippen molar-refractivity contribution < 1.29 is 0 Å². The normalized spacial score (nSPS) is 9.44. The first-order valence-electron chi connectivity index (χ1n) is 3.51. The van der Waals surface area contributed by atoms with E-state index >= 15 is 0 Å². The van der Waals surface area contributed by atoms with Crippen molar-refractivity contribution >= 4 is 11.8 Å². The van der Waals surface area contributed by atoms with E-state index in [0.29, 0.717) is 0 Å². The molecule has 9 heavy (non-hydrogen) atoms. The molecule has 0 atom stereocenters. The lowest BCUT2D eigenvalue weighted by Gasteiger charge is -1.94. The van der Waals surface area contributed by atoms with Gasteiger partial charge in [0, 0.05) is 0 Å². The average Bonchev–Trinajstić information content (AvgIpc) is 1.89. The maximum Gasteiger partial charge on any atom is -0.00703 e. The highest BCUT2D eigenvalue weighted by atomic mass is 32.2. The minimum Gasteiger partial charge on any atom is -0.165 e. The first-order chi connectivity index (χ1) is 4.41. The Morgan fingerprint density at radius 1 is 1.33 bits per heavy atom. The first-order valence-corrected chi connectivity index (χ1v) is 4.91. The second kappa shape index (κ2) is 8.09. The molecule has 0 rings (SSSR count). The molecule has 0 saturated carbocycles. The van der Waals surface area contributed by atoms with Gasteiger partial charge in [-0.3, -0.25) is 0 Å². The van der Waals surface area contributed by atoms with Crippen LogP contribution in [0.15, 0.2) is 12.7 Å². The SMILES string of the molecule is C=CCCCCCSC. The summed E-state index contributed by atoms with van der Waals surface area (Å²) in [4.78, 5) is 0. The summed E-state index contributed by atoms with van der Waals surface area (Å²) in [7, 11) is 0. The molecule has 0 radical (unpaired) electrons. The highest BCUT2D eigenvalue weighted by Gasteiger charge is 1.84.